The van der Waals surface area contributed by atoms with Crippen LogP contribution in [0.5, 0.6) is 0 Å². The van der Waals surface area contributed by atoms with Crippen LogP contribution >= 0.6 is 39.1 Å². The fraction of sp³-hybridized carbons (Fsp3) is 0.143. The van der Waals surface area contributed by atoms with E-state index in [1.165, 1.54) is 5.56 Å². The van der Waals surface area contributed by atoms with Crippen molar-refractivity contribution in [3.8, 4) is 0 Å². The van der Waals surface area contributed by atoms with E-state index in [-0.39, 0.29) is 0 Å². The average molecular weight is 345 g/mol. The molecular formula is C14H12BrCl2N. The maximum Gasteiger partial charge on any atom is 0.0642 e. The second-order valence-electron chi connectivity index (χ2n) is 4.03. The smallest absolute Gasteiger partial charge is 0.0642 e. The molecule has 0 aromatic heterocycles. The second-order valence-corrected chi connectivity index (χ2v) is 5.73. The highest BCUT2D eigenvalue weighted by Crippen LogP contribution is 2.27. The molecule has 1 nitrogen and oxygen atoms in total. The van der Waals surface area contributed by atoms with Gasteiger partial charge in [0.15, 0.2) is 0 Å². The summed E-state index contributed by atoms with van der Waals surface area (Å²) in [6.45, 7) is 2.71. The van der Waals surface area contributed by atoms with Crippen molar-refractivity contribution in [1.29, 1.82) is 0 Å². The molecule has 0 atom stereocenters. The Morgan fingerprint density at radius 3 is 2.72 bits per heavy atom. The maximum absolute atomic E-state index is 6.15. The van der Waals surface area contributed by atoms with Gasteiger partial charge in [-0.15, -0.1) is 0 Å². The number of hydrogen-bond donors (Lipinski definition) is 1. The van der Waals surface area contributed by atoms with E-state index in [1.807, 2.05) is 24.3 Å². The van der Waals surface area contributed by atoms with Crippen molar-refractivity contribution in [3.05, 3.63) is 62.0 Å². The summed E-state index contributed by atoms with van der Waals surface area (Å²) in [5, 5.41) is 4.56. The lowest BCUT2D eigenvalue weighted by Crippen LogP contribution is -2.01. The molecule has 0 radical (unpaired) electrons. The molecule has 0 saturated carbocycles. The van der Waals surface area contributed by atoms with Gasteiger partial charge in [-0.2, -0.15) is 0 Å². The molecule has 0 bridgehead atoms. The topological polar surface area (TPSA) is 12.0 Å². The number of aryl methyl sites for hydroxylation is 1. The summed E-state index contributed by atoms with van der Waals surface area (Å²) in [5.74, 6) is 0. The van der Waals surface area contributed by atoms with Gasteiger partial charge in [0.1, 0.15) is 0 Å². The van der Waals surface area contributed by atoms with E-state index in [0.29, 0.717) is 16.6 Å². The number of benzene rings is 2. The van der Waals surface area contributed by atoms with Gasteiger partial charge in [0.25, 0.3) is 0 Å². The Morgan fingerprint density at radius 1 is 1.17 bits per heavy atom. The zero-order chi connectivity index (χ0) is 13.1. The molecule has 0 unspecified atom stereocenters. The fourth-order valence-corrected chi connectivity index (χ4v) is 2.41. The molecule has 0 aliphatic carbocycles. The van der Waals surface area contributed by atoms with Crippen LogP contribution in [0.25, 0.3) is 0 Å². The molecule has 18 heavy (non-hydrogen) atoms. The molecule has 1 N–H and O–H groups in total. The quantitative estimate of drug-likeness (QED) is 0.755. The van der Waals surface area contributed by atoms with Crippen molar-refractivity contribution in [1.82, 2.24) is 0 Å². The minimum Gasteiger partial charge on any atom is -0.381 e. The summed E-state index contributed by atoms with van der Waals surface area (Å²) in [6.07, 6.45) is 0. The van der Waals surface area contributed by atoms with E-state index in [2.05, 4.69) is 34.2 Å². The third-order valence-corrected chi connectivity index (χ3v) is 4.05. The van der Waals surface area contributed by atoms with Crippen LogP contribution in [0.3, 0.4) is 0 Å². The normalized spacial score (nSPS) is 10.4. The zero-order valence-electron chi connectivity index (χ0n) is 9.81. The summed E-state index contributed by atoms with van der Waals surface area (Å²) in [6, 6.07) is 11.8. The SMILES string of the molecule is Cc1ccc(Br)cc1NCc1cccc(Cl)c1Cl. The van der Waals surface area contributed by atoms with Crippen molar-refractivity contribution in [2.24, 2.45) is 0 Å². The first kappa shape index (κ1) is 13.7. The standard InChI is InChI=1S/C14H12BrCl2N/c1-9-5-6-11(15)7-13(9)18-8-10-3-2-4-12(16)14(10)17/h2-7,18H,8H2,1H3. The van der Waals surface area contributed by atoms with Crippen LogP contribution in [0.4, 0.5) is 5.69 Å². The molecule has 2 aromatic rings. The Hall–Kier alpha value is -0.700. The molecule has 0 spiro atoms. The third kappa shape index (κ3) is 3.19. The van der Waals surface area contributed by atoms with Gasteiger partial charge in [-0.05, 0) is 36.2 Å². The van der Waals surface area contributed by atoms with Gasteiger partial charge in [-0.3, -0.25) is 0 Å². The highest BCUT2D eigenvalue weighted by Gasteiger charge is 2.05. The van der Waals surface area contributed by atoms with Crippen LogP contribution in [-0.2, 0) is 6.54 Å². The number of nitrogens with one attached hydrogen (secondary N) is 1. The van der Waals surface area contributed by atoms with E-state index in [0.717, 1.165) is 15.7 Å². The van der Waals surface area contributed by atoms with Crippen LogP contribution in [0.1, 0.15) is 11.1 Å². The van der Waals surface area contributed by atoms with Gasteiger partial charge in [-0.1, -0.05) is 57.3 Å². The van der Waals surface area contributed by atoms with Gasteiger partial charge < -0.3 is 5.32 Å². The number of halogens is 3. The first-order valence-corrected chi connectivity index (χ1v) is 7.06. The average Bonchev–Trinajstić information content (AvgIpc) is 2.35. The van der Waals surface area contributed by atoms with Crippen LogP contribution in [0.15, 0.2) is 40.9 Å². The van der Waals surface area contributed by atoms with Gasteiger partial charge in [0.05, 0.1) is 10.0 Å². The predicted octanol–water partition coefficient (Wildman–Crippen LogP) is 5.68. The Morgan fingerprint density at radius 2 is 1.94 bits per heavy atom. The van der Waals surface area contributed by atoms with Gasteiger partial charge in [0, 0.05) is 16.7 Å². The predicted molar refractivity (Wildman–Crippen MR) is 82.7 cm³/mol. The van der Waals surface area contributed by atoms with Crippen LogP contribution in [-0.4, -0.2) is 0 Å². The first-order valence-electron chi connectivity index (χ1n) is 5.51. The molecule has 4 heteroatoms. The Balaban J connectivity index is 2.16. The second kappa shape index (κ2) is 5.96. The van der Waals surface area contributed by atoms with E-state index >= 15 is 0 Å². The van der Waals surface area contributed by atoms with E-state index in [4.69, 9.17) is 23.2 Å². The minimum atomic E-state index is 0.585. The maximum atomic E-state index is 6.15. The molecule has 94 valence electrons. The molecule has 0 aliphatic heterocycles. The van der Waals surface area contributed by atoms with Gasteiger partial charge in [-0.25, -0.2) is 0 Å². The Kier molecular flexibility index (Phi) is 4.55. The molecule has 0 fully saturated rings. The molecule has 0 heterocycles. The van der Waals surface area contributed by atoms with Crippen LogP contribution in [0.2, 0.25) is 10.0 Å². The van der Waals surface area contributed by atoms with Gasteiger partial charge in [0.2, 0.25) is 0 Å². The van der Waals surface area contributed by atoms with Crippen molar-refractivity contribution < 1.29 is 0 Å². The summed E-state index contributed by atoms with van der Waals surface area (Å²) in [5.41, 5.74) is 3.26. The Labute approximate surface area is 125 Å². The fourth-order valence-electron chi connectivity index (χ4n) is 1.66. The van der Waals surface area contributed by atoms with E-state index in [9.17, 15) is 0 Å². The molecule has 2 aromatic carbocycles. The van der Waals surface area contributed by atoms with Crippen molar-refractivity contribution in [2.75, 3.05) is 5.32 Å². The van der Waals surface area contributed by atoms with Crippen molar-refractivity contribution in [2.45, 2.75) is 13.5 Å². The monoisotopic (exact) mass is 343 g/mol. The van der Waals surface area contributed by atoms with E-state index in [1.54, 1.807) is 6.07 Å². The summed E-state index contributed by atoms with van der Waals surface area (Å²) < 4.78 is 1.05. The summed E-state index contributed by atoms with van der Waals surface area (Å²) in [4.78, 5) is 0. The van der Waals surface area contributed by atoms with Crippen LogP contribution in [0, 0.1) is 6.92 Å². The van der Waals surface area contributed by atoms with E-state index < -0.39 is 0 Å². The molecular weight excluding hydrogens is 333 g/mol. The minimum absolute atomic E-state index is 0.585. The van der Waals surface area contributed by atoms with Gasteiger partial charge >= 0.3 is 0 Å². The lowest BCUT2D eigenvalue weighted by atomic mass is 10.2. The summed E-state index contributed by atoms with van der Waals surface area (Å²) in [7, 11) is 0. The Bertz CT molecular complexity index is 568. The molecule has 0 aliphatic rings. The largest absolute Gasteiger partial charge is 0.381 e. The highest BCUT2D eigenvalue weighted by molar-refractivity contribution is 9.10. The number of anilines is 1. The molecule has 0 saturated heterocycles. The number of rotatable bonds is 3. The lowest BCUT2D eigenvalue weighted by Gasteiger charge is -2.11. The van der Waals surface area contributed by atoms with Crippen LogP contribution < -0.4 is 5.32 Å². The first-order chi connectivity index (χ1) is 8.58. The van der Waals surface area contributed by atoms with Crippen molar-refractivity contribution in [3.63, 3.8) is 0 Å². The third-order valence-electron chi connectivity index (χ3n) is 2.70. The highest BCUT2D eigenvalue weighted by atomic mass is 79.9. The zero-order valence-corrected chi connectivity index (χ0v) is 12.9. The van der Waals surface area contributed by atoms with Crippen molar-refractivity contribution >= 4 is 44.8 Å². The lowest BCUT2D eigenvalue weighted by molar-refractivity contribution is 1.14. The summed E-state index contributed by atoms with van der Waals surface area (Å²) >= 11 is 15.6. The number of hydrogen-bond acceptors (Lipinski definition) is 1. The molecule has 0 amide bonds. The molecule has 2 rings (SSSR count).